The lowest BCUT2D eigenvalue weighted by Crippen LogP contribution is -2.42. The summed E-state index contributed by atoms with van der Waals surface area (Å²) in [5.74, 6) is -3.42. The molecule has 1 fully saturated rings. The quantitative estimate of drug-likeness (QED) is 0.293. The summed E-state index contributed by atoms with van der Waals surface area (Å²) in [5.41, 5.74) is 0.115. The molecule has 1 aliphatic rings. The van der Waals surface area contributed by atoms with E-state index < -0.39 is 50.6 Å². The molecule has 1 saturated heterocycles. The number of furan rings is 1. The fourth-order valence-electron chi connectivity index (χ4n) is 3.75. The van der Waals surface area contributed by atoms with E-state index in [1.54, 1.807) is 18.2 Å². The van der Waals surface area contributed by atoms with Crippen LogP contribution >= 0.6 is 7.82 Å². The second kappa shape index (κ2) is 10.4. The number of aromatic nitrogens is 2. The Labute approximate surface area is 211 Å². The minimum absolute atomic E-state index is 0.266. The van der Waals surface area contributed by atoms with Gasteiger partial charge in [0.1, 0.15) is 29.0 Å². The number of ether oxygens (including phenoxy) is 3. The molecule has 0 saturated carbocycles. The molecule has 0 bridgehead atoms. The molecule has 4 N–H and O–H groups in total. The number of hydrogen-bond acceptors (Lipinski definition) is 10. The van der Waals surface area contributed by atoms with Crippen LogP contribution in [0.2, 0.25) is 0 Å². The van der Waals surface area contributed by atoms with Crippen LogP contribution in [0.1, 0.15) is 17.6 Å². The van der Waals surface area contributed by atoms with Crippen LogP contribution in [0.5, 0.6) is 5.75 Å². The third kappa shape index (κ3) is 5.85. The van der Waals surface area contributed by atoms with Crippen molar-refractivity contribution in [2.24, 2.45) is 0 Å². The van der Waals surface area contributed by atoms with Crippen molar-refractivity contribution in [2.45, 2.75) is 37.9 Å². The number of aryl methyl sites for hydroxylation is 1. The number of phosphoric ester groups is 1. The summed E-state index contributed by atoms with van der Waals surface area (Å²) in [4.78, 5) is 45.5. The zero-order valence-corrected chi connectivity index (χ0v) is 20.6. The van der Waals surface area contributed by atoms with Gasteiger partial charge < -0.3 is 33.5 Å². The number of anilines is 1. The minimum atomic E-state index is -5.03. The summed E-state index contributed by atoms with van der Waals surface area (Å²) < 4.78 is 65.2. The van der Waals surface area contributed by atoms with E-state index in [1.165, 1.54) is 7.11 Å². The lowest BCUT2D eigenvalue weighted by Gasteiger charge is -2.21. The molecule has 0 spiro atoms. The van der Waals surface area contributed by atoms with Crippen molar-refractivity contribution in [1.82, 2.24) is 9.55 Å². The van der Waals surface area contributed by atoms with Gasteiger partial charge in [0.05, 0.1) is 13.7 Å². The fraction of sp³-hybridized carbons (Fsp3) is 0.381. The zero-order valence-electron chi connectivity index (χ0n) is 19.7. The second-order valence-electron chi connectivity index (χ2n) is 8.21. The Hall–Kier alpha value is -3.40. The van der Waals surface area contributed by atoms with E-state index >= 15 is 0 Å². The average molecular weight is 561 g/mol. The van der Waals surface area contributed by atoms with E-state index in [9.17, 15) is 28.0 Å². The second-order valence-corrected chi connectivity index (χ2v) is 9.45. The molecule has 206 valence electrons. The van der Waals surface area contributed by atoms with Crippen molar-refractivity contribution in [1.29, 1.82) is 0 Å². The Balaban J connectivity index is 1.40. The van der Waals surface area contributed by atoms with Crippen LogP contribution < -0.4 is 15.7 Å². The van der Waals surface area contributed by atoms with Crippen LogP contribution in [-0.4, -0.2) is 62.4 Å². The third-order valence-corrected chi connectivity index (χ3v) is 5.99. The van der Waals surface area contributed by atoms with Crippen molar-refractivity contribution in [3.8, 4) is 5.75 Å². The number of nitrogens with zero attached hydrogens (tertiary/aromatic N) is 2. The molecule has 3 atom stereocenters. The number of amides is 1. The minimum Gasteiger partial charge on any atom is -0.497 e. The van der Waals surface area contributed by atoms with Gasteiger partial charge in [0.15, 0.2) is 12.7 Å². The highest BCUT2D eigenvalue weighted by atomic mass is 31.2. The normalized spacial score (nSPS) is 21.0. The van der Waals surface area contributed by atoms with Crippen LogP contribution in [0.15, 0.2) is 39.7 Å². The Kier molecular flexibility index (Phi) is 7.56. The summed E-state index contributed by atoms with van der Waals surface area (Å²) in [6.07, 6.45) is -6.94. The monoisotopic (exact) mass is 561 g/mol. The highest BCUT2D eigenvalue weighted by Crippen LogP contribution is 2.44. The SMILES string of the molecule is COc1cc(C)c2oc(COC(=O)Nc3ccn(C4OC(COP(=O)(O)O)[C@@H](O)C4(F)F)c(=O)n3)cc2c1. The van der Waals surface area contributed by atoms with Crippen LogP contribution in [0.3, 0.4) is 0 Å². The number of phosphoric acid groups is 1. The predicted octanol–water partition coefficient (Wildman–Crippen LogP) is 2.06. The zero-order chi connectivity index (χ0) is 27.8. The Morgan fingerprint density at radius 3 is 2.71 bits per heavy atom. The smallest absolute Gasteiger partial charge is 0.469 e. The molecule has 1 aromatic carbocycles. The molecule has 2 aromatic heterocycles. The number of nitrogens with one attached hydrogen (secondary N) is 1. The number of rotatable bonds is 8. The van der Waals surface area contributed by atoms with E-state index in [2.05, 4.69) is 14.8 Å². The van der Waals surface area contributed by atoms with E-state index in [-0.39, 0.29) is 12.4 Å². The maximum Gasteiger partial charge on any atom is 0.469 e. The highest BCUT2D eigenvalue weighted by Gasteiger charge is 2.60. The van der Waals surface area contributed by atoms with Gasteiger partial charge in [-0.05, 0) is 36.8 Å². The van der Waals surface area contributed by atoms with Gasteiger partial charge in [-0.2, -0.15) is 13.8 Å². The molecule has 4 rings (SSSR count). The number of methoxy groups -OCH3 is 1. The molecule has 0 radical (unpaired) electrons. The van der Waals surface area contributed by atoms with E-state index in [0.29, 0.717) is 21.7 Å². The van der Waals surface area contributed by atoms with Crippen LogP contribution in [0, 0.1) is 6.92 Å². The number of aliphatic hydroxyl groups excluding tert-OH is 1. The molecule has 0 aliphatic carbocycles. The van der Waals surface area contributed by atoms with Crippen LogP contribution in [0.4, 0.5) is 19.4 Å². The first kappa shape index (κ1) is 27.6. The van der Waals surface area contributed by atoms with Crippen molar-refractivity contribution >= 4 is 30.7 Å². The number of hydrogen-bond donors (Lipinski definition) is 4. The van der Waals surface area contributed by atoms with Gasteiger partial charge in [-0.3, -0.25) is 14.4 Å². The van der Waals surface area contributed by atoms with Crippen molar-refractivity contribution in [2.75, 3.05) is 19.0 Å². The molecule has 17 heteroatoms. The maximum atomic E-state index is 14.5. The first-order chi connectivity index (χ1) is 17.8. The Morgan fingerprint density at radius 1 is 1.32 bits per heavy atom. The summed E-state index contributed by atoms with van der Waals surface area (Å²) in [6.45, 7) is 0.490. The van der Waals surface area contributed by atoms with Gasteiger partial charge in [0, 0.05) is 11.6 Å². The fourth-order valence-corrected chi connectivity index (χ4v) is 4.09. The summed E-state index contributed by atoms with van der Waals surface area (Å²) in [6, 6.07) is 6.19. The number of alkyl halides is 2. The highest BCUT2D eigenvalue weighted by molar-refractivity contribution is 7.46. The van der Waals surface area contributed by atoms with Crippen molar-refractivity contribution in [3.05, 3.63) is 52.3 Å². The summed E-state index contributed by atoms with van der Waals surface area (Å²) in [7, 11) is -3.50. The number of halogens is 2. The molecule has 14 nitrogen and oxygen atoms in total. The summed E-state index contributed by atoms with van der Waals surface area (Å²) in [5, 5.41) is 12.7. The average Bonchev–Trinajstić information content (AvgIpc) is 3.35. The van der Waals surface area contributed by atoms with E-state index in [4.69, 9.17) is 28.4 Å². The van der Waals surface area contributed by atoms with Gasteiger partial charge in [-0.1, -0.05) is 0 Å². The topological polar surface area (TPSA) is 192 Å². The Bertz CT molecular complexity index is 1450. The number of fused-ring (bicyclic) bond motifs is 1. The molecule has 1 amide bonds. The number of aliphatic hydroxyl groups is 1. The Morgan fingerprint density at radius 2 is 2.05 bits per heavy atom. The van der Waals surface area contributed by atoms with Crippen molar-refractivity contribution < 1.29 is 56.2 Å². The molecule has 3 heterocycles. The van der Waals surface area contributed by atoms with Gasteiger partial charge in [0.2, 0.25) is 6.23 Å². The molecular formula is C21H22F2N3O11P. The number of carbonyl (C=O) groups is 1. The largest absolute Gasteiger partial charge is 0.497 e. The number of carbonyl (C=O) groups excluding carboxylic acids is 1. The molecule has 3 aromatic rings. The molecular weight excluding hydrogens is 539 g/mol. The van der Waals surface area contributed by atoms with Crippen LogP contribution in [0.25, 0.3) is 11.0 Å². The lowest BCUT2D eigenvalue weighted by molar-refractivity contribution is -0.140. The van der Waals surface area contributed by atoms with Gasteiger partial charge in [0.25, 0.3) is 0 Å². The van der Waals surface area contributed by atoms with Crippen LogP contribution in [-0.2, 0) is 25.2 Å². The lowest BCUT2D eigenvalue weighted by atomic mass is 10.1. The molecule has 38 heavy (non-hydrogen) atoms. The standard InChI is InChI=1S/C21H22F2N3O11P/c1-10-5-12(33-2)6-11-7-13(36-16(10)11)8-34-20(29)25-15-3-4-26(19(28)24-15)18-21(22,23)17(27)14(37-18)9-35-38(30,31)32/h3-7,14,17-18,27H,8-9H2,1-2H3,(H2,30,31,32)(H,24,25,28,29)/t14?,17-,18?/m1/s1. The van der Waals surface area contributed by atoms with Crippen molar-refractivity contribution in [3.63, 3.8) is 0 Å². The third-order valence-electron chi connectivity index (χ3n) is 5.51. The molecule has 2 unspecified atom stereocenters. The first-order valence-electron chi connectivity index (χ1n) is 10.8. The molecule has 1 aliphatic heterocycles. The maximum absolute atomic E-state index is 14.5. The van der Waals surface area contributed by atoms with Gasteiger partial charge in [-0.25, -0.2) is 14.2 Å². The summed E-state index contributed by atoms with van der Waals surface area (Å²) >= 11 is 0. The van der Waals surface area contributed by atoms with E-state index in [0.717, 1.165) is 23.2 Å². The number of benzene rings is 1. The predicted molar refractivity (Wildman–Crippen MR) is 123 cm³/mol. The first-order valence-corrected chi connectivity index (χ1v) is 12.3. The van der Waals surface area contributed by atoms with Gasteiger partial charge in [-0.15, -0.1) is 0 Å². The van der Waals surface area contributed by atoms with E-state index in [1.807, 2.05) is 6.92 Å². The van der Waals surface area contributed by atoms with Gasteiger partial charge >= 0.3 is 25.5 Å².